The summed E-state index contributed by atoms with van der Waals surface area (Å²) in [5, 5.41) is 6.35. The number of hydrogen-bond donors (Lipinski definition) is 2. The van der Waals surface area contributed by atoms with Crippen molar-refractivity contribution >= 4 is 47.0 Å². The Morgan fingerprint density at radius 2 is 2.03 bits per heavy atom. The average Bonchev–Trinajstić information content (AvgIpc) is 2.68. The van der Waals surface area contributed by atoms with Gasteiger partial charge in [-0.1, -0.05) is 6.07 Å². The Kier molecular flexibility index (Phi) is 6.68. The van der Waals surface area contributed by atoms with Crippen molar-refractivity contribution in [1.82, 2.24) is 15.6 Å². The summed E-state index contributed by atoms with van der Waals surface area (Å²) in [6.07, 6.45) is 1.13. The fourth-order valence-electron chi connectivity index (χ4n) is 3.01. The summed E-state index contributed by atoms with van der Waals surface area (Å²) < 4.78 is 5.23. The van der Waals surface area contributed by atoms with E-state index in [0.717, 1.165) is 17.3 Å². The first-order valence-electron chi connectivity index (χ1n) is 9.25. The van der Waals surface area contributed by atoms with Crippen molar-refractivity contribution in [3.8, 4) is 0 Å². The van der Waals surface area contributed by atoms with E-state index in [4.69, 9.17) is 17.0 Å². The molecule has 3 amide bonds. The molecule has 154 valence electrons. The minimum atomic E-state index is -1.19. The van der Waals surface area contributed by atoms with Gasteiger partial charge in [-0.25, -0.2) is 5.43 Å². The Bertz CT molecular complexity index is 866. The highest BCUT2D eigenvalue weighted by atomic mass is 32.1. The number of benzene rings is 1. The van der Waals surface area contributed by atoms with Gasteiger partial charge in [0.25, 0.3) is 11.8 Å². The van der Waals surface area contributed by atoms with E-state index in [2.05, 4.69) is 15.8 Å². The largest absolute Gasteiger partial charge is 0.379 e. The van der Waals surface area contributed by atoms with Crippen LogP contribution < -0.4 is 15.6 Å². The lowest BCUT2D eigenvalue weighted by atomic mass is 10.0. The maximum absolute atomic E-state index is 12.9. The van der Waals surface area contributed by atoms with Crippen molar-refractivity contribution in [3.05, 3.63) is 29.3 Å². The first kappa shape index (κ1) is 21.0. The lowest BCUT2D eigenvalue weighted by molar-refractivity contribution is -0.130. The van der Waals surface area contributed by atoms with Crippen LogP contribution in [0.25, 0.3) is 0 Å². The number of amides is 3. The Balaban J connectivity index is 1.66. The van der Waals surface area contributed by atoms with Gasteiger partial charge < -0.3 is 10.1 Å². The monoisotopic (exact) mass is 417 g/mol. The smallest absolute Gasteiger partial charge is 0.254 e. The number of aryl methyl sites for hydroxylation is 2. The molecule has 10 heteroatoms. The van der Waals surface area contributed by atoms with Crippen LogP contribution in [0.15, 0.2) is 23.3 Å². The van der Waals surface area contributed by atoms with Crippen molar-refractivity contribution in [1.29, 1.82) is 0 Å². The second-order valence-electron chi connectivity index (χ2n) is 6.92. The molecular formula is C19H23N5O4S. The van der Waals surface area contributed by atoms with E-state index in [1.807, 2.05) is 30.9 Å². The van der Waals surface area contributed by atoms with Gasteiger partial charge in [0.05, 0.1) is 25.4 Å². The van der Waals surface area contributed by atoms with Gasteiger partial charge >= 0.3 is 0 Å². The van der Waals surface area contributed by atoms with Crippen LogP contribution in [0, 0.1) is 19.8 Å². The number of nitrogens with one attached hydrogen (secondary N) is 2. The molecule has 0 saturated carbocycles. The second kappa shape index (κ2) is 9.21. The zero-order valence-corrected chi connectivity index (χ0v) is 17.1. The SMILES string of the molecule is Cc1ccc(N2C(=O)[C@@H](/C=N\NC(=O)CN3CCOCC3)C(=O)NC2=S)cc1C. The molecule has 2 aliphatic heterocycles. The van der Waals surface area contributed by atoms with Gasteiger partial charge in [0, 0.05) is 19.3 Å². The number of ether oxygens (including phenoxy) is 1. The lowest BCUT2D eigenvalue weighted by Gasteiger charge is -2.31. The predicted octanol–water partition coefficient (Wildman–Crippen LogP) is 0.102. The molecule has 0 aromatic heterocycles. The zero-order chi connectivity index (χ0) is 21.0. The van der Waals surface area contributed by atoms with E-state index in [1.165, 1.54) is 4.90 Å². The Labute approximate surface area is 174 Å². The molecule has 1 atom stereocenters. The summed E-state index contributed by atoms with van der Waals surface area (Å²) in [5.74, 6) is -2.61. The second-order valence-corrected chi connectivity index (χ2v) is 7.30. The van der Waals surface area contributed by atoms with Crippen LogP contribution in [0.2, 0.25) is 0 Å². The molecule has 2 N–H and O–H groups in total. The first-order valence-corrected chi connectivity index (χ1v) is 9.66. The fourth-order valence-corrected chi connectivity index (χ4v) is 3.31. The van der Waals surface area contributed by atoms with E-state index in [1.54, 1.807) is 6.07 Å². The lowest BCUT2D eigenvalue weighted by Crippen LogP contribution is -2.58. The molecule has 2 fully saturated rings. The molecule has 0 radical (unpaired) electrons. The zero-order valence-electron chi connectivity index (χ0n) is 16.3. The van der Waals surface area contributed by atoms with Gasteiger partial charge in [0.15, 0.2) is 11.0 Å². The maximum Gasteiger partial charge on any atom is 0.254 e. The molecule has 0 aliphatic carbocycles. The van der Waals surface area contributed by atoms with Gasteiger partial charge in [-0.05, 0) is 49.3 Å². The third-order valence-corrected chi connectivity index (χ3v) is 5.12. The van der Waals surface area contributed by atoms with Crippen LogP contribution >= 0.6 is 12.2 Å². The molecule has 9 nitrogen and oxygen atoms in total. The molecule has 2 aliphatic rings. The van der Waals surface area contributed by atoms with Crippen LogP contribution in [0.3, 0.4) is 0 Å². The van der Waals surface area contributed by atoms with Crippen molar-refractivity contribution in [2.24, 2.45) is 11.0 Å². The quantitative estimate of drug-likeness (QED) is 0.305. The van der Waals surface area contributed by atoms with Gasteiger partial charge in [-0.15, -0.1) is 0 Å². The van der Waals surface area contributed by atoms with Crippen LogP contribution in [0.1, 0.15) is 11.1 Å². The molecule has 0 unspecified atom stereocenters. The van der Waals surface area contributed by atoms with Crippen molar-refractivity contribution in [2.45, 2.75) is 13.8 Å². The molecule has 0 bridgehead atoms. The van der Waals surface area contributed by atoms with E-state index in [0.29, 0.717) is 32.0 Å². The topological polar surface area (TPSA) is 103 Å². The van der Waals surface area contributed by atoms with Crippen molar-refractivity contribution in [2.75, 3.05) is 37.7 Å². The highest BCUT2D eigenvalue weighted by Crippen LogP contribution is 2.23. The molecule has 29 heavy (non-hydrogen) atoms. The number of hydrazone groups is 1. The first-order chi connectivity index (χ1) is 13.9. The minimum absolute atomic E-state index is 0.0178. The number of hydrogen-bond acceptors (Lipinski definition) is 7. The number of rotatable bonds is 5. The highest BCUT2D eigenvalue weighted by molar-refractivity contribution is 7.80. The van der Waals surface area contributed by atoms with Crippen LogP contribution in [-0.4, -0.2) is 66.8 Å². The van der Waals surface area contributed by atoms with Crippen LogP contribution in [0.5, 0.6) is 0 Å². The van der Waals surface area contributed by atoms with Gasteiger partial charge in [0.2, 0.25) is 5.91 Å². The predicted molar refractivity (Wildman–Crippen MR) is 112 cm³/mol. The summed E-state index contributed by atoms with van der Waals surface area (Å²) >= 11 is 5.18. The number of carbonyl (C=O) groups is 3. The van der Waals surface area contributed by atoms with Gasteiger partial charge in [-0.2, -0.15) is 5.10 Å². The number of carbonyl (C=O) groups excluding carboxylic acids is 3. The number of nitrogens with zero attached hydrogens (tertiary/aromatic N) is 3. The van der Waals surface area contributed by atoms with E-state index in [-0.39, 0.29) is 17.6 Å². The summed E-state index contributed by atoms with van der Waals surface area (Å²) in [7, 11) is 0. The van der Waals surface area contributed by atoms with Gasteiger partial charge in [-0.3, -0.25) is 24.2 Å². The average molecular weight is 417 g/mol. The molecule has 0 spiro atoms. The van der Waals surface area contributed by atoms with Crippen LogP contribution in [-0.2, 0) is 19.1 Å². The third kappa shape index (κ3) is 5.03. The fraction of sp³-hybridized carbons (Fsp3) is 0.421. The summed E-state index contributed by atoms with van der Waals surface area (Å²) in [6, 6.07) is 5.48. The molecule has 3 rings (SSSR count). The normalized spacial score (nSPS) is 20.8. The standard InChI is InChI=1S/C19H23N5O4S/c1-12-3-4-14(9-13(12)2)24-18(27)15(17(26)21-19(24)29)10-20-22-16(25)11-23-5-7-28-8-6-23/h3-4,9-10,15H,5-8,11H2,1-2H3,(H,22,25)(H,21,26,29)/b20-10-/t15-/m0/s1. The Hall–Kier alpha value is -2.69. The molecular weight excluding hydrogens is 394 g/mol. The maximum atomic E-state index is 12.9. The van der Waals surface area contributed by atoms with Crippen molar-refractivity contribution in [3.63, 3.8) is 0 Å². The van der Waals surface area contributed by atoms with Gasteiger partial charge in [0.1, 0.15) is 0 Å². The molecule has 1 aromatic rings. The van der Waals surface area contributed by atoms with E-state index >= 15 is 0 Å². The number of morpholine rings is 1. The number of thiocarbonyl (C=S) groups is 1. The Morgan fingerprint density at radius 1 is 1.31 bits per heavy atom. The van der Waals surface area contributed by atoms with E-state index < -0.39 is 17.7 Å². The molecule has 1 aromatic carbocycles. The minimum Gasteiger partial charge on any atom is -0.379 e. The number of anilines is 1. The summed E-state index contributed by atoms with van der Waals surface area (Å²) in [6.45, 7) is 6.57. The molecule has 2 heterocycles. The third-order valence-electron chi connectivity index (χ3n) is 4.83. The van der Waals surface area contributed by atoms with Crippen LogP contribution in [0.4, 0.5) is 5.69 Å². The Morgan fingerprint density at radius 3 is 2.72 bits per heavy atom. The van der Waals surface area contributed by atoms with Crippen molar-refractivity contribution < 1.29 is 19.1 Å². The molecule has 2 saturated heterocycles. The highest BCUT2D eigenvalue weighted by Gasteiger charge is 2.38. The summed E-state index contributed by atoms with van der Waals surface area (Å²) in [4.78, 5) is 40.3. The van der Waals surface area contributed by atoms with E-state index in [9.17, 15) is 14.4 Å². The summed E-state index contributed by atoms with van der Waals surface area (Å²) in [5.41, 5.74) is 5.01.